The van der Waals surface area contributed by atoms with Crippen molar-refractivity contribution in [1.82, 2.24) is 19.5 Å². The molecule has 3 aromatic rings. The van der Waals surface area contributed by atoms with Crippen LogP contribution in [-0.4, -0.2) is 61.1 Å². The van der Waals surface area contributed by atoms with Gasteiger partial charge in [-0.1, -0.05) is 24.0 Å². The fraction of sp³-hybridized carbons (Fsp3) is 0.435. The largest absolute Gasteiger partial charge is 0.387 e. The first-order valence-corrected chi connectivity index (χ1v) is 10.7. The molecule has 8 nitrogen and oxygen atoms in total. The van der Waals surface area contributed by atoms with Crippen LogP contribution in [0.1, 0.15) is 37.5 Å². The lowest BCUT2D eigenvalue weighted by molar-refractivity contribution is -0.0332. The highest BCUT2D eigenvalue weighted by atomic mass is 19.1. The summed E-state index contributed by atoms with van der Waals surface area (Å²) in [4.78, 5) is 15.4. The van der Waals surface area contributed by atoms with Crippen molar-refractivity contribution >= 4 is 17.0 Å². The van der Waals surface area contributed by atoms with Crippen molar-refractivity contribution in [3.8, 4) is 11.8 Å². The molecule has 0 bridgehead atoms. The minimum atomic E-state index is -1.18. The molecule has 9 heteroatoms. The first-order valence-electron chi connectivity index (χ1n) is 10.7. The lowest BCUT2D eigenvalue weighted by Crippen LogP contribution is -2.37. The number of imidazole rings is 1. The van der Waals surface area contributed by atoms with Gasteiger partial charge in [0.2, 0.25) is 0 Å². The summed E-state index contributed by atoms with van der Waals surface area (Å²) in [6.45, 7) is 0. The number of anilines is 1. The van der Waals surface area contributed by atoms with Gasteiger partial charge in [0.05, 0.1) is 18.0 Å². The molecule has 2 fully saturated rings. The van der Waals surface area contributed by atoms with Gasteiger partial charge in [0, 0.05) is 19.5 Å². The highest BCUT2D eigenvalue weighted by molar-refractivity contribution is 5.83. The average molecular weight is 437 g/mol. The van der Waals surface area contributed by atoms with Gasteiger partial charge in [-0.25, -0.2) is 19.3 Å². The Morgan fingerprint density at radius 1 is 1.19 bits per heavy atom. The zero-order valence-electron chi connectivity index (χ0n) is 17.6. The van der Waals surface area contributed by atoms with E-state index in [1.807, 2.05) is 7.05 Å². The average Bonchev–Trinajstić information content (AvgIpc) is 3.30. The lowest BCUT2D eigenvalue weighted by atomic mass is 9.92. The minimum absolute atomic E-state index is 0.139. The van der Waals surface area contributed by atoms with Gasteiger partial charge in [0.25, 0.3) is 0 Å². The van der Waals surface area contributed by atoms with Crippen LogP contribution in [0.25, 0.3) is 11.2 Å². The second-order valence-corrected chi connectivity index (χ2v) is 8.25. The molecule has 1 aliphatic heterocycles. The molecule has 3 heterocycles. The van der Waals surface area contributed by atoms with Gasteiger partial charge in [-0.3, -0.25) is 4.57 Å². The third kappa shape index (κ3) is 3.60. The van der Waals surface area contributed by atoms with Crippen molar-refractivity contribution < 1.29 is 19.3 Å². The summed E-state index contributed by atoms with van der Waals surface area (Å²) in [7, 11) is 2.00. The first kappa shape index (κ1) is 20.8. The molecule has 5 rings (SSSR count). The number of rotatable bonds is 4. The predicted octanol–water partition coefficient (Wildman–Crippen LogP) is 2.02. The second-order valence-electron chi connectivity index (χ2n) is 8.25. The quantitative estimate of drug-likeness (QED) is 0.603. The Bertz CT molecular complexity index is 1190. The summed E-state index contributed by atoms with van der Waals surface area (Å²) < 4.78 is 21.3. The molecule has 4 atom stereocenters. The second kappa shape index (κ2) is 8.47. The molecule has 32 heavy (non-hydrogen) atoms. The topological polar surface area (TPSA) is 96.5 Å². The zero-order valence-corrected chi connectivity index (χ0v) is 17.6. The van der Waals surface area contributed by atoms with Crippen LogP contribution in [0.2, 0.25) is 0 Å². The number of hydrogen-bond donors (Lipinski definition) is 2. The summed E-state index contributed by atoms with van der Waals surface area (Å²) in [5.74, 6) is 5.93. The minimum Gasteiger partial charge on any atom is -0.387 e. The molecule has 2 aliphatic rings. The molecule has 1 aromatic carbocycles. The van der Waals surface area contributed by atoms with Crippen molar-refractivity contribution in [2.24, 2.45) is 0 Å². The standard InChI is InChI=1S/C23H24FN5O3/c1-28(15-8-5-9-15)21-18-22(26-12-25-21)29(13-27-18)23-20(31)19(30)17(32-23)11-4-7-14-6-2-3-10-16(14)24/h2-3,6,10,12-13,15,17,19-20,23,30-31H,5,8-9,11H2,1H3/t17-,19-,20-,23-/m1/s1. The van der Waals surface area contributed by atoms with Crippen LogP contribution in [0.15, 0.2) is 36.9 Å². The monoisotopic (exact) mass is 437 g/mol. The van der Waals surface area contributed by atoms with Gasteiger partial charge in [0.15, 0.2) is 23.2 Å². The van der Waals surface area contributed by atoms with Gasteiger partial charge in [0.1, 0.15) is 24.4 Å². The van der Waals surface area contributed by atoms with Crippen molar-refractivity contribution in [1.29, 1.82) is 0 Å². The molecule has 2 aromatic heterocycles. The molecule has 0 radical (unpaired) electrons. The molecule has 0 spiro atoms. The number of benzene rings is 1. The number of nitrogens with zero attached hydrogens (tertiary/aromatic N) is 5. The summed E-state index contributed by atoms with van der Waals surface area (Å²) in [5.41, 5.74) is 1.42. The summed E-state index contributed by atoms with van der Waals surface area (Å²) in [6.07, 6.45) is 2.67. The fourth-order valence-corrected chi connectivity index (χ4v) is 4.17. The number of aliphatic hydroxyl groups is 2. The van der Waals surface area contributed by atoms with E-state index in [1.54, 1.807) is 29.1 Å². The molecule has 2 N–H and O–H groups in total. The van der Waals surface area contributed by atoms with Gasteiger partial charge in [-0.15, -0.1) is 0 Å². The molecule has 166 valence electrons. The Morgan fingerprint density at radius 3 is 2.75 bits per heavy atom. The van der Waals surface area contributed by atoms with Crippen LogP contribution in [0.5, 0.6) is 0 Å². The summed E-state index contributed by atoms with van der Waals surface area (Å²) in [6, 6.07) is 6.66. The number of fused-ring (bicyclic) bond motifs is 1. The number of hydrogen-bond acceptors (Lipinski definition) is 7. The highest BCUT2D eigenvalue weighted by Crippen LogP contribution is 2.35. The fourth-order valence-electron chi connectivity index (χ4n) is 4.17. The number of aromatic nitrogens is 4. The van der Waals surface area contributed by atoms with E-state index in [9.17, 15) is 14.6 Å². The summed E-state index contributed by atoms with van der Waals surface area (Å²) in [5, 5.41) is 21.2. The van der Waals surface area contributed by atoms with E-state index >= 15 is 0 Å². The third-order valence-corrected chi connectivity index (χ3v) is 6.31. The molecule has 1 saturated carbocycles. The Labute approximate surface area is 184 Å². The molecule has 1 saturated heterocycles. The third-order valence-electron chi connectivity index (χ3n) is 6.31. The smallest absolute Gasteiger partial charge is 0.167 e. The first-order chi connectivity index (χ1) is 15.5. The molecule has 1 aliphatic carbocycles. The Kier molecular flexibility index (Phi) is 5.51. The van der Waals surface area contributed by atoms with Crippen LogP contribution in [-0.2, 0) is 4.74 Å². The van der Waals surface area contributed by atoms with E-state index in [4.69, 9.17) is 4.74 Å². The predicted molar refractivity (Wildman–Crippen MR) is 115 cm³/mol. The summed E-state index contributed by atoms with van der Waals surface area (Å²) >= 11 is 0. The Balaban J connectivity index is 1.37. The van der Waals surface area contributed by atoms with E-state index in [2.05, 4.69) is 31.7 Å². The van der Waals surface area contributed by atoms with Crippen molar-refractivity contribution in [3.63, 3.8) is 0 Å². The van der Waals surface area contributed by atoms with Gasteiger partial charge >= 0.3 is 0 Å². The normalized spacial score (nSPS) is 25.4. The van der Waals surface area contributed by atoms with E-state index in [0.717, 1.165) is 18.7 Å². The SMILES string of the molecule is CN(c1ncnc2c1ncn2[C@@H]1O[C@H](CC#Cc2ccccc2F)[C@@H](O)[C@H]1O)C1CCC1. The lowest BCUT2D eigenvalue weighted by Gasteiger charge is -2.35. The van der Waals surface area contributed by atoms with E-state index in [-0.39, 0.29) is 12.0 Å². The van der Waals surface area contributed by atoms with Gasteiger partial charge in [-0.05, 0) is 31.4 Å². The van der Waals surface area contributed by atoms with Crippen LogP contribution in [0.3, 0.4) is 0 Å². The molecule has 0 amide bonds. The molecular formula is C23H24FN5O3. The Morgan fingerprint density at radius 2 is 2.00 bits per heavy atom. The molecule has 0 unspecified atom stereocenters. The van der Waals surface area contributed by atoms with E-state index in [1.165, 1.54) is 18.8 Å². The maximum atomic E-state index is 13.7. The number of aliphatic hydroxyl groups excluding tert-OH is 2. The molecular weight excluding hydrogens is 413 g/mol. The number of halogens is 1. The Hall–Kier alpha value is -3.06. The van der Waals surface area contributed by atoms with Crippen molar-refractivity contribution in [2.45, 2.75) is 56.3 Å². The van der Waals surface area contributed by atoms with E-state index in [0.29, 0.717) is 17.2 Å². The highest BCUT2D eigenvalue weighted by Gasteiger charge is 2.44. The van der Waals surface area contributed by atoms with Crippen molar-refractivity contribution in [2.75, 3.05) is 11.9 Å². The van der Waals surface area contributed by atoms with Crippen LogP contribution < -0.4 is 4.90 Å². The van der Waals surface area contributed by atoms with E-state index < -0.39 is 30.4 Å². The number of ether oxygens (including phenoxy) is 1. The van der Waals surface area contributed by atoms with Gasteiger partial charge < -0.3 is 19.8 Å². The zero-order chi connectivity index (χ0) is 22.2. The van der Waals surface area contributed by atoms with Crippen LogP contribution >= 0.6 is 0 Å². The van der Waals surface area contributed by atoms with Gasteiger partial charge in [-0.2, -0.15) is 0 Å². The van der Waals surface area contributed by atoms with Crippen LogP contribution in [0.4, 0.5) is 10.2 Å². The van der Waals surface area contributed by atoms with Crippen LogP contribution in [0, 0.1) is 17.7 Å². The maximum absolute atomic E-state index is 13.7. The van der Waals surface area contributed by atoms with Crippen molar-refractivity contribution in [3.05, 3.63) is 48.3 Å². The maximum Gasteiger partial charge on any atom is 0.167 e.